The van der Waals surface area contributed by atoms with E-state index in [0.29, 0.717) is 22.0 Å². The van der Waals surface area contributed by atoms with Gasteiger partial charge >= 0.3 is 0 Å². The van der Waals surface area contributed by atoms with Crippen LogP contribution in [0.5, 0.6) is 0 Å². The number of carbonyl (C=O) groups excluding carboxylic acids is 1. The predicted octanol–water partition coefficient (Wildman–Crippen LogP) is 6.81. The summed E-state index contributed by atoms with van der Waals surface area (Å²) in [6.45, 7) is 4.34. The average Bonchev–Trinajstić information content (AvgIpc) is 3.27. The molecule has 4 rings (SSSR count). The van der Waals surface area contributed by atoms with Crippen molar-refractivity contribution in [1.29, 1.82) is 0 Å². The number of hydrogen-bond donors (Lipinski definition) is 2. The maximum atomic E-state index is 12.5. The summed E-state index contributed by atoms with van der Waals surface area (Å²) in [5.74, 6) is 0.393. The summed E-state index contributed by atoms with van der Waals surface area (Å²) in [6, 6.07) is 17.3. The molecule has 1 heterocycles. The zero-order valence-corrected chi connectivity index (χ0v) is 21.3. The van der Waals surface area contributed by atoms with Crippen LogP contribution in [0.3, 0.4) is 0 Å². The number of non-ortho nitro benzene ring substituents is 1. The third kappa shape index (κ3) is 5.55. The van der Waals surface area contributed by atoms with Crippen LogP contribution in [-0.4, -0.2) is 20.9 Å². The van der Waals surface area contributed by atoms with E-state index in [1.165, 1.54) is 23.8 Å². The summed E-state index contributed by atoms with van der Waals surface area (Å²) in [5.41, 5.74) is 4.13. The quantitative estimate of drug-likeness (QED) is 0.153. The number of nitro groups is 1. The van der Waals surface area contributed by atoms with E-state index in [-0.39, 0.29) is 16.4 Å². The second-order valence-electron chi connectivity index (χ2n) is 7.96. The van der Waals surface area contributed by atoms with Gasteiger partial charge in [-0.25, -0.2) is 4.98 Å². The molecule has 4 aromatic rings. The Balaban J connectivity index is 1.44. The maximum absolute atomic E-state index is 12.5. The summed E-state index contributed by atoms with van der Waals surface area (Å²) in [5, 5.41) is 16.5. The Morgan fingerprint density at radius 2 is 1.91 bits per heavy atom. The second-order valence-corrected chi connectivity index (χ2v) is 9.22. The Labute approximate surface area is 215 Å². The largest absolute Gasteiger partial charge is 0.436 e. The van der Waals surface area contributed by atoms with Gasteiger partial charge in [-0.15, -0.1) is 0 Å². The van der Waals surface area contributed by atoms with E-state index in [4.69, 9.17) is 16.6 Å². The number of oxazole rings is 1. The van der Waals surface area contributed by atoms with Gasteiger partial charge in [0.15, 0.2) is 10.7 Å². The van der Waals surface area contributed by atoms with Crippen LogP contribution in [0.1, 0.15) is 42.1 Å². The van der Waals surface area contributed by atoms with Gasteiger partial charge in [-0.1, -0.05) is 19.9 Å². The molecule has 0 bridgehead atoms. The number of benzene rings is 3. The van der Waals surface area contributed by atoms with Gasteiger partial charge < -0.3 is 9.73 Å². The molecule has 35 heavy (non-hydrogen) atoms. The minimum Gasteiger partial charge on any atom is -0.436 e. The monoisotopic (exact) mass is 552 g/mol. The Morgan fingerprint density at radius 3 is 2.60 bits per heavy atom. The minimum atomic E-state index is -0.571. The summed E-state index contributed by atoms with van der Waals surface area (Å²) < 4.78 is 6.33. The van der Waals surface area contributed by atoms with Crippen molar-refractivity contribution in [3.63, 3.8) is 0 Å². The molecule has 0 unspecified atom stereocenters. The van der Waals surface area contributed by atoms with E-state index < -0.39 is 10.8 Å². The summed E-state index contributed by atoms with van der Waals surface area (Å²) in [4.78, 5) is 27.6. The topological polar surface area (TPSA) is 110 Å². The molecule has 1 atom stereocenters. The Bertz CT molecular complexity index is 1440. The van der Waals surface area contributed by atoms with Crippen molar-refractivity contribution in [2.75, 3.05) is 5.32 Å². The first-order valence-corrected chi connectivity index (χ1v) is 12.0. The van der Waals surface area contributed by atoms with Gasteiger partial charge in [0.05, 0.1) is 10.5 Å². The highest BCUT2D eigenvalue weighted by Gasteiger charge is 2.17. The van der Waals surface area contributed by atoms with Crippen LogP contribution in [0.2, 0.25) is 0 Å². The average molecular weight is 553 g/mol. The van der Waals surface area contributed by atoms with E-state index in [2.05, 4.69) is 57.5 Å². The number of rotatable bonds is 6. The number of anilines is 1. The summed E-state index contributed by atoms with van der Waals surface area (Å²) >= 11 is 8.46. The molecule has 178 valence electrons. The lowest BCUT2D eigenvalue weighted by Crippen LogP contribution is -2.34. The standard InChI is InChI=1S/C25H21BrN4O4S/c1-3-14(2)16-6-11-22-21(12-16)28-24(34-22)15-4-7-17(8-5-15)27-25(35)29-23(31)19-13-18(30(32)33)9-10-20(19)26/h4-14H,3H2,1-2H3,(H2,27,29,31,35)/t14-/m1/s1. The third-order valence-corrected chi connectivity index (χ3v) is 6.51. The number of thiocarbonyl (C=S) groups is 1. The van der Waals surface area contributed by atoms with Crippen molar-refractivity contribution in [1.82, 2.24) is 10.3 Å². The lowest BCUT2D eigenvalue weighted by Gasteiger charge is -2.10. The molecule has 0 radical (unpaired) electrons. The lowest BCUT2D eigenvalue weighted by molar-refractivity contribution is -0.384. The molecule has 8 nitrogen and oxygen atoms in total. The molecule has 2 N–H and O–H groups in total. The Morgan fingerprint density at radius 1 is 1.17 bits per heavy atom. The highest BCUT2D eigenvalue weighted by Crippen LogP contribution is 2.28. The van der Waals surface area contributed by atoms with Crippen LogP contribution in [0, 0.1) is 10.1 Å². The first-order chi connectivity index (χ1) is 16.7. The van der Waals surface area contributed by atoms with Crippen molar-refractivity contribution in [3.05, 3.63) is 86.4 Å². The van der Waals surface area contributed by atoms with Crippen molar-refractivity contribution in [2.24, 2.45) is 0 Å². The first-order valence-electron chi connectivity index (χ1n) is 10.8. The number of nitrogens with zero attached hydrogens (tertiary/aromatic N) is 2. The normalized spacial score (nSPS) is 11.7. The molecular weight excluding hydrogens is 532 g/mol. The molecule has 0 fully saturated rings. The highest BCUT2D eigenvalue weighted by molar-refractivity contribution is 9.10. The van der Waals surface area contributed by atoms with Gasteiger partial charge in [0, 0.05) is 27.9 Å². The van der Waals surface area contributed by atoms with Crippen LogP contribution < -0.4 is 10.6 Å². The molecule has 0 aliphatic rings. The lowest BCUT2D eigenvalue weighted by atomic mass is 9.98. The fourth-order valence-corrected chi connectivity index (χ4v) is 4.08. The fraction of sp³-hybridized carbons (Fsp3) is 0.160. The van der Waals surface area contributed by atoms with Gasteiger partial charge in [0.2, 0.25) is 5.89 Å². The molecule has 0 aliphatic carbocycles. The van der Waals surface area contributed by atoms with Crippen molar-refractivity contribution in [3.8, 4) is 11.5 Å². The van der Waals surface area contributed by atoms with Crippen LogP contribution in [0.25, 0.3) is 22.6 Å². The minimum absolute atomic E-state index is 0.0561. The Kier molecular flexibility index (Phi) is 7.23. The summed E-state index contributed by atoms with van der Waals surface area (Å²) in [7, 11) is 0. The third-order valence-electron chi connectivity index (χ3n) is 5.62. The number of hydrogen-bond acceptors (Lipinski definition) is 6. The van der Waals surface area contributed by atoms with E-state index >= 15 is 0 Å². The molecule has 0 aliphatic heterocycles. The first kappa shape index (κ1) is 24.5. The number of amides is 1. The summed E-state index contributed by atoms with van der Waals surface area (Å²) in [6.07, 6.45) is 1.05. The zero-order chi connectivity index (χ0) is 25.1. The van der Waals surface area contributed by atoms with Gasteiger partial charge in [-0.05, 0) is 88.5 Å². The Hall–Kier alpha value is -3.63. The molecule has 0 spiro atoms. The van der Waals surface area contributed by atoms with Crippen LogP contribution in [0.15, 0.2) is 69.6 Å². The zero-order valence-electron chi connectivity index (χ0n) is 18.9. The maximum Gasteiger partial charge on any atom is 0.270 e. The predicted molar refractivity (Wildman–Crippen MR) is 143 cm³/mol. The fourth-order valence-electron chi connectivity index (χ4n) is 3.44. The van der Waals surface area contributed by atoms with Crippen molar-refractivity contribution < 1.29 is 14.1 Å². The number of carbonyl (C=O) groups is 1. The second kappa shape index (κ2) is 10.3. The van der Waals surface area contributed by atoms with Crippen molar-refractivity contribution >= 4 is 61.6 Å². The number of nitro benzene ring substituents is 1. The van der Waals surface area contributed by atoms with Gasteiger partial charge in [-0.3, -0.25) is 20.2 Å². The number of aromatic nitrogens is 1. The van der Waals surface area contributed by atoms with E-state index in [1.807, 2.05) is 18.2 Å². The molecule has 3 aromatic carbocycles. The van der Waals surface area contributed by atoms with Crippen LogP contribution >= 0.6 is 28.1 Å². The molecule has 0 saturated heterocycles. The van der Waals surface area contributed by atoms with E-state index in [1.54, 1.807) is 12.1 Å². The number of halogens is 1. The SMILES string of the molecule is CC[C@@H](C)c1ccc2oc(-c3ccc(NC(=S)NC(=O)c4cc([N+](=O)[O-])ccc4Br)cc3)nc2c1. The smallest absolute Gasteiger partial charge is 0.270 e. The molecule has 0 saturated carbocycles. The number of nitrogens with one attached hydrogen (secondary N) is 2. The molecule has 1 aromatic heterocycles. The van der Waals surface area contributed by atoms with E-state index in [0.717, 1.165) is 23.1 Å². The molecule has 1 amide bonds. The van der Waals surface area contributed by atoms with Gasteiger partial charge in [-0.2, -0.15) is 0 Å². The highest BCUT2D eigenvalue weighted by atomic mass is 79.9. The number of fused-ring (bicyclic) bond motifs is 1. The molecular formula is C25H21BrN4O4S. The van der Waals surface area contributed by atoms with Crippen LogP contribution in [-0.2, 0) is 0 Å². The van der Waals surface area contributed by atoms with Crippen molar-refractivity contribution in [2.45, 2.75) is 26.2 Å². The van der Waals surface area contributed by atoms with Gasteiger partial charge in [0.1, 0.15) is 5.52 Å². The van der Waals surface area contributed by atoms with Crippen LogP contribution in [0.4, 0.5) is 11.4 Å². The van der Waals surface area contributed by atoms with E-state index in [9.17, 15) is 14.9 Å². The van der Waals surface area contributed by atoms with Gasteiger partial charge in [0.25, 0.3) is 11.6 Å². The molecule has 10 heteroatoms.